The Morgan fingerprint density at radius 1 is 1.12 bits per heavy atom. The van der Waals surface area contributed by atoms with E-state index in [1.165, 1.54) is 11.0 Å². The molecule has 2 N–H and O–H groups in total. The molecule has 3 aromatic rings. The quantitative estimate of drug-likeness (QED) is 0.570. The van der Waals surface area contributed by atoms with Gasteiger partial charge in [0.1, 0.15) is 6.04 Å². The number of hydrogen-bond donors (Lipinski definition) is 2. The second kappa shape index (κ2) is 7.66. The molecule has 10 heteroatoms. The number of pyridine rings is 1. The van der Waals surface area contributed by atoms with Gasteiger partial charge in [-0.2, -0.15) is 0 Å². The molecule has 2 aromatic carbocycles. The zero-order valence-electron chi connectivity index (χ0n) is 17.7. The number of nitrogens with zero attached hydrogens (tertiary/aromatic N) is 2. The molecular weight excluding hydrogens is 444 g/mol. The lowest BCUT2D eigenvalue weighted by Crippen LogP contribution is -2.52. The van der Waals surface area contributed by atoms with Crippen molar-refractivity contribution in [1.29, 1.82) is 0 Å². The third-order valence-electron chi connectivity index (χ3n) is 5.98. The highest BCUT2D eigenvalue weighted by Gasteiger charge is 2.39. The number of sulfonamides is 1. The van der Waals surface area contributed by atoms with Crippen LogP contribution in [0.25, 0.3) is 10.9 Å². The van der Waals surface area contributed by atoms with Gasteiger partial charge in [0.05, 0.1) is 10.4 Å². The van der Waals surface area contributed by atoms with Gasteiger partial charge in [-0.1, -0.05) is 6.07 Å². The van der Waals surface area contributed by atoms with Gasteiger partial charge < -0.3 is 4.90 Å². The van der Waals surface area contributed by atoms with E-state index in [-0.39, 0.29) is 36.1 Å². The van der Waals surface area contributed by atoms with Crippen LogP contribution in [0.1, 0.15) is 34.3 Å². The van der Waals surface area contributed by atoms with Gasteiger partial charge in [-0.05, 0) is 60.9 Å². The van der Waals surface area contributed by atoms with Crippen LogP contribution in [0.15, 0.2) is 53.6 Å². The third kappa shape index (κ3) is 3.62. The largest absolute Gasteiger partial charge is 0.322 e. The number of amides is 3. The minimum absolute atomic E-state index is 0.148. The molecule has 33 heavy (non-hydrogen) atoms. The van der Waals surface area contributed by atoms with Crippen LogP contribution < -0.4 is 10.0 Å². The predicted octanol–water partition coefficient (Wildman–Crippen LogP) is 2.11. The number of fused-ring (bicyclic) bond motifs is 2. The maximum absolute atomic E-state index is 13.3. The zero-order chi connectivity index (χ0) is 23.3. The van der Waals surface area contributed by atoms with Crippen LogP contribution in [-0.4, -0.2) is 42.1 Å². The molecule has 3 heterocycles. The van der Waals surface area contributed by atoms with Crippen molar-refractivity contribution in [2.24, 2.45) is 0 Å². The van der Waals surface area contributed by atoms with Crippen molar-refractivity contribution in [3.63, 3.8) is 0 Å². The standard InChI is InChI=1S/C23H20N4O5S/c1-13-4-7-18-17(3-2-10-24-18)21(13)33(31,32)26-15-5-6-16-14(11-15)12-27(23(16)30)19-8-9-20(28)25-22(19)29/h2-7,10-11,19,26H,8-9,12H2,1H3,(H,25,28,29). The first kappa shape index (κ1) is 21.1. The predicted molar refractivity (Wildman–Crippen MR) is 120 cm³/mol. The second-order valence-corrected chi connectivity index (χ2v) is 9.78. The van der Waals surface area contributed by atoms with Crippen LogP contribution in [0, 0.1) is 6.92 Å². The zero-order valence-corrected chi connectivity index (χ0v) is 18.5. The van der Waals surface area contributed by atoms with Crippen molar-refractivity contribution in [3.8, 4) is 0 Å². The van der Waals surface area contributed by atoms with Crippen molar-refractivity contribution >= 4 is 44.3 Å². The molecule has 2 aliphatic rings. The number of piperidine rings is 1. The van der Waals surface area contributed by atoms with Gasteiger partial charge in [-0.15, -0.1) is 0 Å². The number of carbonyl (C=O) groups excluding carboxylic acids is 3. The molecule has 5 rings (SSSR count). The molecule has 0 spiro atoms. The minimum Gasteiger partial charge on any atom is -0.322 e. The number of anilines is 1. The molecule has 0 bridgehead atoms. The summed E-state index contributed by atoms with van der Waals surface area (Å²) in [5.41, 5.74) is 2.49. The third-order valence-corrected chi connectivity index (χ3v) is 7.56. The highest BCUT2D eigenvalue weighted by atomic mass is 32.2. The van der Waals surface area contributed by atoms with E-state index in [1.54, 1.807) is 49.5 Å². The van der Waals surface area contributed by atoms with Crippen molar-refractivity contribution < 1.29 is 22.8 Å². The molecule has 1 atom stereocenters. The Morgan fingerprint density at radius 3 is 2.73 bits per heavy atom. The molecule has 1 fully saturated rings. The molecule has 3 amide bonds. The van der Waals surface area contributed by atoms with Gasteiger partial charge in [0.2, 0.25) is 11.8 Å². The SMILES string of the molecule is Cc1ccc2ncccc2c1S(=O)(=O)Nc1ccc2c(c1)CN(C1CCC(=O)NC1=O)C2=O. The molecule has 9 nitrogen and oxygen atoms in total. The van der Waals surface area contributed by atoms with Gasteiger partial charge in [0.15, 0.2) is 0 Å². The molecule has 168 valence electrons. The molecular formula is C23H20N4O5S. The molecule has 1 aromatic heterocycles. The Labute approximate surface area is 189 Å². The number of hydrogen-bond acceptors (Lipinski definition) is 6. The van der Waals surface area contributed by atoms with E-state index >= 15 is 0 Å². The van der Waals surface area contributed by atoms with E-state index in [9.17, 15) is 22.8 Å². The van der Waals surface area contributed by atoms with Gasteiger partial charge >= 0.3 is 0 Å². The Kier molecular flexibility index (Phi) is 4.89. The van der Waals surface area contributed by atoms with Gasteiger partial charge in [0.25, 0.3) is 15.9 Å². The Morgan fingerprint density at radius 2 is 1.94 bits per heavy atom. The van der Waals surface area contributed by atoms with Crippen LogP contribution in [0.4, 0.5) is 5.69 Å². The summed E-state index contributed by atoms with van der Waals surface area (Å²) < 4.78 is 29.2. The summed E-state index contributed by atoms with van der Waals surface area (Å²) in [6.45, 7) is 1.88. The van der Waals surface area contributed by atoms with Crippen molar-refractivity contribution in [2.75, 3.05) is 4.72 Å². The van der Waals surface area contributed by atoms with E-state index in [2.05, 4.69) is 15.0 Å². The first-order valence-electron chi connectivity index (χ1n) is 10.4. The Hall–Kier alpha value is -3.79. The number of nitrogens with one attached hydrogen (secondary N) is 2. The van der Waals surface area contributed by atoms with E-state index in [0.29, 0.717) is 33.3 Å². The van der Waals surface area contributed by atoms with Crippen LogP contribution in [0.3, 0.4) is 0 Å². The monoisotopic (exact) mass is 464 g/mol. The maximum Gasteiger partial charge on any atom is 0.262 e. The summed E-state index contributed by atoms with van der Waals surface area (Å²) in [6, 6.07) is 10.8. The topological polar surface area (TPSA) is 126 Å². The van der Waals surface area contributed by atoms with E-state index in [4.69, 9.17) is 0 Å². The van der Waals surface area contributed by atoms with Crippen LogP contribution in [-0.2, 0) is 26.2 Å². The van der Waals surface area contributed by atoms with Gasteiger partial charge in [-0.3, -0.25) is 29.4 Å². The van der Waals surface area contributed by atoms with Crippen molar-refractivity contribution in [1.82, 2.24) is 15.2 Å². The fraction of sp³-hybridized carbons (Fsp3) is 0.217. The normalized spacial score (nSPS) is 18.4. The summed E-state index contributed by atoms with van der Waals surface area (Å²) in [5.74, 6) is -1.16. The Balaban J connectivity index is 1.44. The number of carbonyl (C=O) groups is 3. The van der Waals surface area contributed by atoms with E-state index < -0.39 is 22.0 Å². The summed E-state index contributed by atoms with van der Waals surface area (Å²) in [5, 5.41) is 2.78. The van der Waals surface area contributed by atoms with Gasteiger partial charge in [0, 0.05) is 35.8 Å². The lowest BCUT2D eigenvalue weighted by atomic mass is 10.0. The number of rotatable bonds is 4. The highest BCUT2D eigenvalue weighted by molar-refractivity contribution is 7.93. The molecule has 0 radical (unpaired) electrons. The van der Waals surface area contributed by atoms with E-state index in [0.717, 1.165) is 0 Å². The van der Waals surface area contributed by atoms with E-state index in [1.807, 2.05) is 0 Å². The lowest BCUT2D eigenvalue weighted by molar-refractivity contribution is -0.136. The molecule has 0 saturated carbocycles. The fourth-order valence-corrected chi connectivity index (χ4v) is 5.93. The molecule has 1 unspecified atom stereocenters. The average Bonchev–Trinajstić information content (AvgIpc) is 3.08. The van der Waals surface area contributed by atoms with Crippen LogP contribution in [0.2, 0.25) is 0 Å². The maximum atomic E-state index is 13.3. The summed E-state index contributed by atoms with van der Waals surface area (Å²) in [7, 11) is -3.94. The smallest absolute Gasteiger partial charge is 0.262 e. The summed E-state index contributed by atoms with van der Waals surface area (Å²) in [6.07, 6.45) is 2.03. The first-order chi connectivity index (χ1) is 15.7. The lowest BCUT2D eigenvalue weighted by Gasteiger charge is -2.29. The number of aryl methyl sites for hydroxylation is 1. The molecule has 1 saturated heterocycles. The number of imide groups is 1. The average molecular weight is 465 g/mol. The number of benzene rings is 2. The van der Waals surface area contributed by atoms with Crippen molar-refractivity contribution in [3.05, 3.63) is 65.4 Å². The Bertz CT molecular complexity index is 1450. The summed E-state index contributed by atoms with van der Waals surface area (Å²) >= 11 is 0. The molecule has 2 aliphatic heterocycles. The number of aromatic nitrogens is 1. The minimum atomic E-state index is -3.94. The fourth-order valence-electron chi connectivity index (χ4n) is 4.44. The highest BCUT2D eigenvalue weighted by Crippen LogP contribution is 2.31. The van der Waals surface area contributed by atoms with Gasteiger partial charge in [-0.25, -0.2) is 8.42 Å². The first-order valence-corrected chi connectivity index (χ1v) is 11.9. The van der Waals surface area contributed by atoms with Crippen LogP contribution in [0.5, 0.6) is 0 Å². The second-order valence-electron chi connectivity index (χ2n) is 8.16. The van der Waals surface area contributed by atoms with Crippen molar-refractivity contribution in [2.45, 2.75) is 37.2 Å². The summed E-state index contributed by atoms with van der Waals surface area (Å²) in [4.78, 5) is 42.3. The molecule has 0 aliphatic carbocycles. The van der Waals surface area contributed by atoms with Crippen LogP contribution >= 0.6 is 0 Å².